The van der Waals surface area contributed by atoms with Crippen molar-refractivity contribution in [3.05, 3.63) is 0 Å². The van der Waals surface area contributed by atoms with Crippen LogP contribution in [0.15, 0.2) is 0 Å². The van der Waals surface area contributed by atoms with E-state index in [0.29, 0.717) is 6.42 Å². The molecular formula is C5H14NNaO2S. The Hall–Kier alpha value is 0.910. The van der Waals surface area contributed by atoms with Gasteiger partial charge in [-0.1, -0.05) is 19.8 Å². The van der Waals surface area contributed by atoms with Gasteiger partial charge in [0.05, 0.1) is 5.75 Å². The van der Waals surface area contributed by atoms with E-state index >= 15 is 0 Å². The molecule has 0 heterocycles. The summed E-state index contributed by atoms with van der Waals surface area (Å²) < 4.78 is 20.6. The van der Waals surface area contributed by atoms with E-state index in [4.69, 9.17) is 5.14 Å². The van der Waals surface area contributed by atoms with Gasteiger partial charge in [0, 0.05) is 0 Å². The third kappa shape index (κ3) is 11.7. The van der Waals surface area contributed by atoms with Crippen molar-refractivity contribution in [2.75, 3.05) is 5.75 Å². The van der Waals surface area contributed by atoms with Crippen molar-refractivity contribution >= 4 is 39.6 Å². The fraction of sp³-hybridized carbons (Fsp3) is 1.00. The van der Waals surface area contributed by atoms with Crippen LogP contribution >= 0.6 is 0 Å². The van der Waals surface area contributed by atoms with E-state index < -0.39 is 10.0 Å². The summed E-state index contributed by atoms with van der Waals surface area (Å²) in [7, 11) is -3.20. The number of primary sulfonamides is 1. The topological polar surface area (TPSA) is 60.2 Å². The first kappa shape index (κ1) is 13.5. The molecule has 0 saturated carbocycles. The summed E-state index contributed by atoms with van der Waals surface area (Å²) >= 11 is 0. The van der Waals surface area contributed by atoms with Crippen LogP contribution in [0.4, 0.5) is 0 Å². The Balaban J connectivity index is 0. The molecule has 0 aromatic heterocycles. The van der Waals surface area contributed by atoms with Crippen LogP contribution in [0.5, 0.6) is 0 Å². The van der Waals surface area contributed by atoms with Gasteiger partial charge in [0.15, 0.2) is 0 Å². The predicted molar refractivity (Wildman–Crippen MR) is 44.6 cm³/mol. The number of sulfonamides is 1. The predicted octanol–water partition coefficient (Wildman–Crippen LogP) is -0.183. The monoisotopic (exact) mass is 175 g/mol. The molecule has 2 N–H and O–H groups in total. The van der Waals surface area contributed by atoms with Gasteiger partial charge in [-0.15, -0.1) is 0 Å². The number of hydrogen-bond acceptors (Lipinski definition) is 2. The average molecular weight is 175 g/mol. The van der Waals surface area contributed by atoms with Gasteiger partial charge in [-0.2, -0.15) is 0 Å². The maximum absolute atomic E-state index is 10.3. The zero-order valence-corrected chi connectivity index (χ0v) is 6.45. The van der Waals surface area contributed by atoms with E-state index in [1.165, 1.54) is 0 Å². The van der Waals surface area contributed by atoms with Crippen LogP contribution in [0.2, 0.25) is 0 Å². The molecule has 0 bridgehead atoms. The number of unbranched alkanes of at least 4 members (excludes halogenated alkanes) is 2. The van der Waals surface area contributed by atoms with Crippen LogP contribution in [0.1, 0.15) is 26.2 Å². The van der Waals surface area contributed by atoms with Crippen molar-refractivity contribution in [2.24, 2.45) is 5.14 Å². The molecule has 10 heavy (non-hydrogen) atoms. The fourth-order valence-electron chi connectivity index (χ4n) is 0.553. The molecule has 58 valence electrons. The zero-order valence-electron chi connectivity index (χ0n) is 5.63. The third-order valence-electron chi connectivity index (χ3n) is 1.03. The molecular weight excluding hydrogens is 161 g/mol. The van der Waals surface area contributed by atoms with E-state index in [-0.39, 0.29) is 35.3 Å². The van der Waals surface area contributed by atoms with Crippen molar-refractivity contribution in [2.45, 2.75) is 26.2 Å². The molecule has 0 radical (unpaired) electrons. The Kier molecular flexibility index (Phi) is 8.92. The summed E-state index contributed by atoms with van der Waals surface area (Å²) in [5.41, 5.74) is 0. The second-order valence-corrected chi connectivity index (χ2v) is 3.81. The molecule has 0 aromatic carbocycles. The van der Waals surface area contributed by atoms with E-state index in [0.717, 1.165) is 12.8 Å². The summed E-state index contributed by atoms with van der Waals surface area (Å²) in [5.74, 6) is 0.126. The van der Waals surface area contributed by atoms with Crippen LogP contribution < -0.4 is 5.14 Å². The zero-order chi connectivity index (χ0) is 7.33. The van der Waals surface area contributed by atoms with Crippen LogP contribution in [0, 0.1) is 0 Å². The van der Waals surface area contributed by atoms with Crippen LogP contribution in [-0.2, 0) is 10.0 Å². The van der Waals surface area contributed by atoms with Crippen molar-refractivity contribution < 1.29 is 8.42 Å². The second kappa shape index (κ2) is 6.61. The SMILES string of the molecule is CCCCCS(N)(=O)=O.[NaH]. The fourth-order valence-corrected chi connectivity index (χ4v) is 1.16. The number of rotatable bonds is 4. The van der Waals surface area contributed by atoms with Crippen molar-refractivity contribution in [3.8, 4) is 0 Å². The molecule has 0 aliphatic heterocycles. The quantitative estimate of drug-likeness (QED) is 0.476. The number of nitrogens with two attached hydrogens (primary N) is 1. The first-order valence-electron chi connectivity index (χ1n) is 3.06. The van der Waals surface area contributed by atoms with E-state index in [1.807, 2.05) is 6.92 Å². The van der Waals surface area contributed by atoms with Crippen LogP contribution in [0.25, 0.3) is 0 Å². The van der Waals surface area contributed by atoms with Gasteiger partial charge in [-0.05, 0) is 6.42 Å². The first-order valence-corrected chi connectivity index (χ1v) is 4.78. The Labute approximate surface area is 84.7 Å². The summed E-state index contributed by atoms with van der Waals surface area (Å²) in [6.45, 7) is 2.02. The summed E-state index contributed by atoms with van der Waals surface area (Å²) in [5, 5.41) is 4.75. The van der Waals surface area contributed by atoms with E-state index in [2.05, 4.69) is 0 Å². The van der Waals surface area contributed by atoms with Gasteiger partial charge < -0.3 is 0 Å². The molecule has 3 nitrogen and oxygen atoms in total. The van der Waals surface area contributed by atoms with Crippen LogP contribution in [0.3, 0.4) is 0 Å². The number of hydrogen-bond donors (Lipinski definition) is 1. The maximum atomic E-state index is 10.3. The Bertz CT molecular complexity index is 155. The van der Waals surface area contributed by atoms with Gasteiger partial charge in [0.2, 0.25) is 10.0 Å². The van der Waals surface area contributed by atoms with Gasteiger partial charge >= 0.3 is 29.6 Å². The molecule has 0 saturated heterocycles. The minimum atomic E-state index is -3.20. The molecule has 0 rings (SSSR count). The first-order chi connectivity index (χ1) is 4.06. The van der Waals surface area contributed by atoms with Gasteiger partial charge in [0.1, 0.15) is 0 Å². The average Bonchev–Trinajstić information content (AvgIpc) is 1.63. The Morgan fingerprint density at radius 2 is 1.80 bits per heavy atom. The molecule has 0 unspecified atom stereocenters. The third-order valence-corrected chi connectivity index (χ3v) is 1.89. The van der Waals surface area contributed by atoms with Crippen molar-refractivity contribution in [3.63, 3.8) is 0 Å². The molecule has 0 aromatic rings. The second-order valence-electron chi connectivity index (χ2n) is 2.07. The summed E-state index contributed by atoms with van der Waals surface area (Å²) in [6, 6.07) is 0. The summed E-state index contributed by atoms with van der Waals surface area (Å²) in [6.07, 6.45) is 2.65. The minimum absolute atomic E-state index is 0. The molecule has 0 spiro atoms. The Morgan fingerprint density at radius 1 is 1.30 bits per heavy atom. The van der Waals surface area contributed by atoms with E-state index in [1.54, 1.807) is 0 Å². The molecule has 0 fully saturated rings. The molecule has 5 heteroatoms. The molecule has 0 atom stereocenters. The van der Waals surface area contributed by atoms with E-state index in [9.17, 15) is 8.42 Å². The molecule has 0 aliphatic rings. The summed E-state index contributed by atoms with van der Waals surface area (Å²) in [4.78, 5) is 0. The van der Waals surface area contributed by atoms with Crippen LogP contribution in [-0.4, -0.2) is 43.7 Å². The van der Waals surface area contributed by atoms with Gasteiger partial charge in [-0.3, -0.25) is 0 Å². The molecule has 0 aliphatic carbocycles. The van der Waals surface area contributed by atoms with Gasteiger partial charge in [-0.25, -0.2) is 13.6 Å². The molecule has 0 amide bonds. The van der Waals surface area contributed by atoms with Gasteiger partial charge in [0.25, 0.3) is 0 Å². The van der Waals surface area contributed by atoms with Crippen molar-refractivity contribution in [1.29, 1.82) is 0 Å². The van der Waals surface area contributed by atoms with Crippen molar-refractivity contribution in [1.82, 2.24) is 0 Å². The standard InChI is InChI=1S/C5H13NO2S.Na.H/c1-2-3-4-5-9(6,7)8;;/h2-5H2,1H3,(H2,6,7,8);;. The Morgan fingerprint density at radius 3 is 2.10 bits per heavy atom. The normalized spacial score (nSPS) is 10.6.